The van der Waals surface area contributed by atoms with Crippen molar-refractivity contribution in [2.45, 2.75) is 4.90 Å². The van der Waals surface area contributed by atoms with Crippen molar-refractivity contribution in [3.8, 4) is 11.9 Å². The summed E-state index contributed by atoms with van der Waals surface area (Å²) in [5, 5.41) is 0. The number of methoxy groups -OCH3 is 2. The van der Waals surface area contributed by atoms with E-state index >= 15 is 0 Å². The van der Waals surface area contributed by atoms with Crippen LogP contribution in [0.1, 0.15) is 20.7 Å². The van der Waals surface area contributed by atoms with Crippen molar-refractivity contribution in [2.24, 2.45) is 0 Å². The van der Waals surface area contributed by atoms with E-state index in [0.29, 0.717) is 11.1 Å². The summed E-state index contributed by atoms with van der Waals surface area (Å²) >= 11 is 0. The molecular weight excluding hydrogens is 424 g/mol. The fourth-order valence-corrected chi connectivity index (χ4v) is 4.04. The average Bonchev–Trinajstić information content (AvgIpc) is 3.03. The summed E-state index contributed by atoms with van der Waals surface area (Å²) in [7, 11) is -1.31. The number of carbonyl (C=O) groups excluding carboxylic acids is 2. The topological polar surface area (TPSA) is 128 Å². The van der Waals surface area contributed by atoms with Gasteiger partial charge in [-0.25, -0.2) is 13.3 Å². The lowest BCUT2D eigenvalue weighted by Gasteiger charge is -2.15. The molecule has 0 saturated heterocycles. The summed E-state index contributed by atoms with van der Waals surface area (Å²) < 4.78 is 37.7. The zero-order chi connectivity index (χ0) is 22.2. The SMILES string of the molecule is COc1cc(NS(=O)(=O)c2ccc(N3C(=O)c4ccccc4C3=O)cc2)nc(OC)n1. The van der Waals surface area contributed by atoms with Crippen LogP contribution in [0.5, 0.6) is 11.9 Å². The number of nitrogens with one attached hydrogen (secondary N) is 1. The highest BCUT2D eigenvalue weighted by Gasteiger charge is 2.36. The van der Waals surface area contributed by atoms with Crippen LogP contribution in [0.3, 0.4) is 0 Å². The number of anilines is 2. The van der Waals surface area contributed by atoms with Crippen molar-refractivity contribution in [3.63, 3.8) is 0 Å². The Morgan fingerprint density at radius 3 is 2.03 bits per heavy atom. The van der Waals surface area contributed by atoms with Crippen molar-refractivity contribution in [3.05, 3.63) is 65.7 Å². The van der Waals surface area contributed by atoms with Gasteiger partial charge in [0.25, 0.3) is 21.8 Å². The molecule has 10 nitrogen and oxygen atoms in total. The van der Waals surface area contributed by atoms with E-state index in [0.717, 1.165) is 4.90 Å². The molecule has 0 saturated carbocycles. The summed E-state index contributed by atoms with van der Waals surface area (Å²) in [6.07, 6.45) is 0. The number of hydrogen-bond acceptors (Lipinski definition) is 8. The molecule has 3 aromatic rings. The number of aromatic nitrogens is 2. The number of fused-ring (bicyclic) bond motifs is 1. The van der Waals surface area contributed by atoms with Crippen molar-refractivity contribution < 1.29 is 27.5 Å². The van der Waals surface area contributed by atoms with E-state index in [4.69, 9.17) is 9.47 Å². The quantitative estimate of drug-likeness (QED) is 0.577. The molecule has 0 fully saturated rings. The van der Waals surface area contributed by atoms with Crippen LogP contribution in [0.25, 0.3) is 0 Å². The Hall–Kier alpha value is -3.99. The third kappa shape index (κ3) is 3.66. The first kappa shape index (κ1) is 20.3. The fraction of sp³-hybridized carbons (Fsp3) is 0.100. The lowest BCUT2D eigenvalue weighted by Crippen LogP contribution is -2.29. The van der Waals surface area contributed by atoms with Gasteiger partial charge in [0, 0.05) is 6.07 Å². The summed E-state index contributed by atoms with van der Waals surface area (Å²) in [6.45, 7) is 0. The summed E-state index contributed by atoms with van der Waals surface area (Å²) in [6, 6.07) is 13.1. The third-order valence-corrected chi connectivity index (χ3v) is 5.88. The largest absolute Gasteiger partial charge is 0.481 e. The van der Waals surface area contributed by atoms with E-state index in [1.54, 1.807) is 24.3 Å². The molecule has 2 amide bonds. The molecule has 158 valence electrons. The zero-order valence-corrected chi connectivity index (χ0v) is 17.2. The Morgan fingerprint density at radius 1 is 0.871 bits per heavy atom. The minimum absolute atomic E-state index is 0.0480. The maximum atomic E-state index is 12.7. The standard InChI is InChI=1S/C20H16N4O6S/c1-29-17-11-16(21-20(22-17)30-2)23-31(27,28)13-9-7-12(8-10-13)24-18(25)14-5-3-4-6-15(14)19(24)26/h3-11H,1-2H3,(H,21,22,23). The van der Waals surface area contributed by atoms with Crippen LogP contribution in [-0.2, 0) is 10.0 Å². The zero-order valence-electron chi connectivity index (χ0n) is 16.4. The maximum Gasteiger partial charge on any atom is 0.321 e. The third-order valence-electron chi connectivity index (χ3n) is 4.51. The second kappa shape index (κ2) is 7.69. The van der Waals surface area contributed by atoms with Crippen LogP contribution >= 0.6 is 0 Å². The van der Waals surface area contributed by atoms with Crippen LogP contribution in [0.2, 0.25) is 0 Å². The molecule has 1 aliphatic heterocycles. The number of nitrogens with zero attached hydrogens (tertiary/aromatic N) is 3. The van der Waals surface area contributed by atoms with Gasteiger partial charge in [-0.15, -0.1) is 0 Å². The molecule has 0 radical (unpaired) electrons. The van der Waals surface area contributed by atoms with E-state index < -0.39 is 21.8 Å². The monoisotopic (exact) mass is 440 g/mol. The lowest BCUT2D eigenvalue weighted by atomic mass is 10.1. The highest BCUT2D eigenvalue weighted by molar-refractivity contribution is 7.92. The minimum Gasteiger partial charge on any atom is -0.481 e. The van der Waals surface area contributed by atoms with Crippen LogP contribution in [0.4, 0.5) is 11.5 Å². The minimum atomic E-state index is -4.02. The van der Waals surface area contributed by atoms with Gasteiger partial charge in [-0.1, -0.05) is 12.1 Å². The number of imide groups is 1. The Kier molecular flexibility index (Phi) is 5.03. The van der Waals surface area contributed by atoms with Crippen LogP contribution in [0, 0.1) is 0 Å². The van der Waals surface area contributed by atoms with Gasteiger partial charge < -0.3 is 9.47 Å². The van der Waals surface area contributed by atoms with Crippen molar-refractivity contribution >= 4 is 33.3 Å². The van der Waals surface area contributed by atoms with Gasteiger partial charge >= 0.3 is 6.01 Å². The first-order valence-electron chi connectivity index (χ1n) is 8.92. The van der Waals surface area contributed by atoms with Gasteiger partial charge in [0.1, 0.15) is 0 Å². The van der Waals surface area contributed by atoms with Crippen molar-refractivity contribution in [1.82, 2.24) is 9.97 Å². The molecule has 0 aliphatic carbocycles. The van der Waals surface area contributed by atoms with Gasteiger partial charge in [0.2, 0.25) is 5.88 Å². The number of ether oxygens (including phenoxy) is 2. The Bertz CT molecular complexity index is 1230. The highest BCUT2D eigenvalue weighted by Crippen LogP contribution is 2.29. The van der Waals surface area contributed by atoms with E-state index in [-0.39, 0.29) is 28.3 Å². The smallest absolute Gasteiger partial charge is 0.321 e. The predicted octanol–water partition coefficient (Wildman–Crippen LogP) is 2.10. The van der Waals surface area contributed by atoms with Crippen LogP contribution in [-0.4, -0.2) is 44.4 Å². The lowest BCUT2D eigenvalue weighted by molar-refractivity contribution is 0.0926. The molecule has 1 aromatic heterocycles. The molecule has 0 unspecified atom stereocenters. The van der Waals surface area contributed by atoms with Crippen LogP contribution < -0.4 is 19.1 Å². The predicted molar refractivity (Wildman–Crippen MR) is 110 cm³/mol. The van der Waals surface area contributed by atoms with Crippen molar-refractivity contribution in [2.75, 3.05) is 23.8 Å². The van der Waals surface area contributed by atoms with Gasteiger partial charge in [-0.3, -0.25) is 14.3 Å². The summed E-state index contributed by atoms with van der Waals surface area (Å²) in [5.74, 6) is -0.859. The molecule has 1 N–H and O–H groups in total. The molecule has 2 heterocycles. The number of benzene rings is 2. The molecule has 31 heavy (non-hydrogen) atoms. The van der Waals surface area contributed by atoms with Gasteiger partial charge in [-0.2, -0.15) is 9.97 Å². The van der Waals surface area contributed by atoms with Crippen LogP contribution in [0.15, 0.2) is 59.5 Å². The Morgan fingerprint density at radius 2 is 1.48 bits per heavy atom. The van der Waals surface area contributed by atoms with Gasteiger partial charge in [0.05, 0.1) is 35.9 Å². The molecular formula is C20H16N4O6S. The number of hydrogen-bond donors (Lipinski definition) is 1. The van der Waals surface area contributed by atoms with E-state index in [1.165, 1.54) is 44.6 Å². The van der Waals surface area contributed by atoms with E-state index in [1.807, 2.05) is 0 Å². The highest BCUT2D eigenvalue weighted by atomic mass is 32.2. The number of sulfonamides is 1. The number of rotatable bonds is 6. The Balaban J connectivity index is 1.60. The van der Waals surface area contributed by atoms with Crippen molar-refractivity contribution in [1.29, 1.82) is 0 Å². The normalized spacial score (nSPS) is 13.2. The summed E-state index contributed by atoms with van der Waals surface area (Å²) in [5.41, 5.74) is 0.866. The maximum absolute atomic E-state index is 12.7. The summed E-state index contributed by atoms with van der Waals surface area (Å²) in [4.78, 5) is 33.9. The first-order valence-corrected chi connectivity index (χ1v) is 10.4. The molecule has 2 aromatic carbocycles. The molecule has 4 rings (SSSR count). The van der Waals surface area contributed by atoms with E-state index in [9.17, 15) is 18.0 Å². The number of carbonyl (C=O) groups is 2. The molecule has 0 spiro atoms. The molecule has 11 heteroatoms. The van der Waals surface area contributed by atoms with E-state index in [2.05, 4.69) is 14.7 Å². The first-order chi connectivity index (χ1) is 14.8. The van der Waals surface area contributed by atoms with Gasteiger partial charge in [0.15, 0.2) is 5.82 Å². The Labute approximate surface area is 177 Å². The average molecular weight is 440 g/mol. The molecule has 0 atom stereocenters. The second-order valence-electron chi connectivity index (χ2n) is 6.37. The molecule has 1 aliphatic rings. The second-order valence-corrected chi connectivity index (χ2v) is 8.06. The number of amides is 2. The van der Waals surface area contributed by atoms with Gasteiger partial charge in [-0.05, 0) is 36.4 Å². The molecule has 0 bridgehead atoms. The fourth-order valence-electron chi connectivity index (χ4n) is 3.05.